The Labute approximate surface area is 122 Å². The maximum absolute atomic E-state index is 11.9. The summed E-state index contributed by atoms with van der Waals surface area (Å²) in [5, 5.41) is 19.4. The summed E-state index contributed by atoms with van der Waals surface area (Å²) in [4.78, 5) is 26.1. The second-order valence-electron chi connectivity index (χ2n) is 6.07. The normalized spacial score (nSPS) is 25.7. The Morgan fingerprint density at radius 3 is 2.52 bits per heavy atom. The summed E-state index contributed by atoms with van der Waals surface area (Å²) in [7, 11) is -1.90. The average Bonchev–Trinajstić information content (AvgIpc) is 2.68. The van der Waals surface area contributed by atoms with Crippen molar-refractivity contribution < 1.29 is 20.4 Å². The van der Waals surface area contributed by atoms with Gasteiger partial charge in [-0.1, -0.05) is 19.6 Å². The fourth-order valence-electron chi connectivity index (χ4n) is 2.28. The van der Waals surface area contributed by atoms with Crippen molar-refractivity contribution in [3.8, 4) is 0 Å². The first-order valence-corrected chi connectivity index (χ1v) is 10.0. The molecule has 0 unspecified atom stereocenters. The van der Waals surface area contributed by atoms with E-state index in [-0.39, 0.29) is 24.1 Å². The van der Waals surface area contributed by atoms with Gasteiger partial charge in [0.25, 0.3) is 5.56 Å². The zero-order valence-corrected chi connectivity index (χ0v) is 13.3. The first kappa shape index (κ1) is 17.8. The lowest BCUT2D eigenvalue weighted by Crippen LogP contribution is -2.52. The molecule has 0 aliphatic carbocycles. The van der Waals surface area contributed by atoms with Crippen LogP contribution in [0.25, 0.3) is 0 Å². The zero-order valence-electron chi connectivity index (χ0n) is 12.3. The number of aliphatic hydroxyl groups excluding tert-OH is 2. The van der Waals surface area contributed by atoms with E-state index in [0.717, 1.165) is 0 Å². The van der Waals surface area contributed by atoms with Gasteiger partial charge in [-0.15, -0.1) is 0 Å². The standard InChI is InChI=1S/C12H20N2O5Si.H2O/c1-20(2,3)9-5-14(12(18)13-11(9)17)10-4-7(16)8(6-15)19-10;/h5,7-8,10,15-16H,4,6H2,1-3H3,(H,13,17,18);1H2/t7-,8+,10+;/m0./s1. The van der Waals surface area contributed by atoms with Crippen molar-refractivity contribution in [2.24, 2.45) is 0 Å². The fourth-order valence-corrected chi connectivity index (χ4v) is 3.55. The lowest BCUT2D eigenvalue weighted by molar-refractivity contribution is -0.0458. The molecule has 1 saturated heterocycles. The Balaban J connectivity index is 0.00000220. The summed E-state index contributed by atoms with van der Waals surface area (Å²) in [5.74, 6) is 0. The molecule has 1 aliphatic rings. The molecule has 0 saturated carbocycles. The predicted molar refractivity (Wildman–Crippen MR) is 79.5 cm³/mol. The molecule has 0 bridgehead atoms. The average molecular weight is 318 g/mol. The minimum atomic E-state index is -1.90. The van der Waals surface area contributed by atoms with Crippen LogP contribution in [0, 0.1) is 0 Å². The third kappa shape index (κ3) is 3.50. The SMILES string of the molecule is C[Si](C)(C)c1cn([C@H]2C[C@H](O)[C@@H](CO)O2)c(=O)[nH]c1=O.O. The van der Waals surface area contributed by atoms with Gasteiger partial charge in [-0.05, 0) is 0 Å². The summed E-state index contributed by atoms with van der Waals surface area (Å²) < 4.78 is 6.75. The molecule has 0 radical (unpaired) electrons. The molecule has 0 aromatic carbocycles. The van der Waals surface area contributed by atoms with Gasteiger partial charge >= 0.3 is 5.69 Å². The van der Waals surface area contributed by atoms with Crippen LogP contribution in [0.5, 0.6) is 0 Å². The fraction of sp³-hybridized carbons (Fsp3) is 0.667. The van der Waals surface area contributed by atoms with Crippen LogP contribution in [0.3, 0.4) is 0 Å². The first-order valence-electron chi connectivity index (χ1n) is 6.54. The van der Waals surface area contributed by atoms with Crippen LogP contribution in [0.2, 0.25) is 19.6 Å². The van der Waals surface area contributed by atoms with E-state index >= 15 is 0 Å². The van der Waals surface area contributed by atoms with E-state index < -0.39 is 32.2 Å². The van der Waals surface area contributed by atoms with Crippen molar-refractivity contribution in [1.29, 1.82) is 0 Å². The van der Waals surface area contributed by atoms with Gasteiger partial charge in [-0.2, -0.15) is 0 Å². The van der Waals surface area contributed by atoms with Gasteiger partial charge in [-0.3, -0.25) is 14.3 Å². The molecule has 8 nitrogen and oxygen atoms in total. The van der Waals surface area contributed by atoms with E-state index in [9.17, 15) is 14.7 Å². The monoisotopic (exact) mass is 318 g/mol. The van der Waals surface area contributed by atoms with Crippen molar-refractivity contribution in [3.05, 3.63) is 27.0 Å². The van der Waals surface area contributed by atoms with Gasteiger partial charge in [0.05, 0.1) is 20.8 Å². The van der Waals surface area contributed by atoms with E-state index in [0.29, 0.717) is 5.19 Å². The lowest BCUT2D eigenvalue weighted by Gasteiger charge is -2.19. The molecule has 5 N–H and O–H groups in total. The van der Waals surface area contributed by atoms with Crippen molar-refractivity contribution in [2.45, 2.75) is 44.5 Å². The van der Waals surface area contributed by atoms with Gasteiger partial charge in [-0.25, -0.2) is 4.79 Å². The minimum absolute atomic E-state index is 0. The molecule has 2 rings (SSSR count). The van der Waals surface area contributed by atoms with Gasteiger partial charge in [0.1, 0.15) is 12.3 Å². The predicted octanol–water partition coefficient (Wildman–Crippen LogP) is -2.10. The highest BCUT2D eigenvalue weighted by atomic mass is 28.3. The highest BCUT2D eigenvalue weighted by Gasteiger charge is 2.35. The quantitative estimate of drug-likeness (QED) is 0.548. The summed E-state index contributed by atoms with van der Waals surface area (Å²) >= 11 is 0. The Bertz CT molecular complexity index is 605. The molecular weight excluding hydrogens is 296 g/mol. The summed E-state index contributed by atoms with van der Waals surface area (Å²) in [6.45, 7) is 5.71. The van der Waals surface area contributed by atoms with Gasteiger partial charge in [0.2, 0.25) is 0 Å². The van der Waals surface area contributed by atoms with Crippen molar-refractivity contribution in [1.82, 2.24) is 9.55 Å². The summed E-state index contributed by atoms with van der Waals surface area (Å²) in [6, 6.07) is 0. The summed E-state index contributed by atoms with van der Waals surface area (Å²) in [6.07, 6.45) is -0.442. The Morgan fingerprint density at radius 2 is 2.05 bits per heavy atom. The first-order chi connectivity index (χ1) is 9.24. The van der Waals surface area contributed by atoms with Gasteiger partial charge in [0.15, 0.2) is 0 Å². The second kappa shape index (κ2) is 6.24. The largest absolute Gasteiger partial charge is 0.412 e. The number of nitrogens with zero attached hydrogens (tertiary/aromatic N) is 1. The van der Waals surface area contributed by atoms with Crippen LogP contribution in [0.15, 0.2) is 15.8 Å². The minimum Gasteiger partial charge on any atom is -0.412 e. The highest BCUT2D eigenvalue weighted by molar-refractivity contribution is 6.88. The van der Waals surface area contributed by atoms with Crippen molar-refractivity contribution >= 4 is 13.3 Å². The van der Waals surface area contributed by atoms with Gasteiger partial charge < -0.3 is 20.4 Å². The zero-order chi connectivity index (χ0) is 15.1. The van der Waals surface area contributed by atoms with E-state index in [1.807, 2.05) is 19.6 Å². The smallest absolute Gasteiger partial charge is 0.330 e. The maximum atomic E-state index is 11.9. The number of aromatic amines is 1. The molecule has 2 heterocycles. The number of aromatic nitrogens is 2. The van der Waals surface area contributed by atoms with Crippen LogP contribution in [-0.2, 0) is 4.74 Å². The number of ether oxygens (including phenoxy) is 1. The van der Waals surface area contributed by atoms with Crippen LogP contribution in [0.4, 0.5) is 0 Å². The number of rotatable bonds is 3. The van der Waals surface area contributed by atoms with E-state index in [4.69, 9.17) is 9.84 Å². The van der Waals surface area contributed by atoms with Gasteiger partial charge in [0, 0.05) is 17.8 Å². The molecule has 1 aromatic rings. The number of hydrogen-bond acceptors (Lipinski definition) is 5. The molecule has 0 amide bonds. The molecule has 0 spiro atoms. The van der Waals surface area contributed by atoms with Crippen molar-refractivity contribution in [2.75, 3.05) is 6.61 Å². The molecular formula is C12H22N2O6Si. The lowest BCUT2D eigenvalue weighted by atomic mass is 10.2. The number of nitrogens with one attached hydrogen (secondary N) is 1. The van der Waals surface area contributed by atoms with E-state index in [1.54, 1.807) is 0 Å². The van der Waals surface area contributed by atoms with Crippen molar-refractivity contribution in [3.63, 3.8) is 0 Å². The highest BCUT2D eigenvalue weighted by Crippen LogP contribution is 2.26. The second-order valence-corrected chi connectivity index (χ2v) is 11.1. The number of H-pyrrole nitrogens is 1. The third-order valence-corrected chi connectivity index (χ3v) is 5.44. The van der Waals surface area contributed by atoms with E-state index in [1.165, 1.54) is 10.8 Å². The van der Waals surface area contributed by atoms with Crippen LogP contribution < -0.4 is 16.4 Å². The molecule has 1 fully saturated rings. The molecule has 1 aliphatic heterocycles. The third-order valence-electron chi connectivity index (χ3n) is 3.47. The molecule has 3 atom stereocenters. The summed E-state index contributed by atoms with van der Waals surface area (Å²) in [5.41, 5.74) is -0.921. The van der Waals surface area contributed by atoms with Crippen LogP contribution in [-0.4, -0.2) is 52.1 Å². The maximum Gasteiger partial charge on any atom is 0.330 e. The Hall–Kier alpha value is -1.26. The molecule has 9 heteroatoms. The molecule has 120 valence electrons. The Kier molecular flexibility index (Phi) is 5.28. The molecule has 1 aromatic heterocycles. The number of hydrogen-bond donors (Lipinski definition) is 3. The molecule has 21 heavy (non-hydrogen) atoms. The van der Waals surface area contributed by atoms with Crippen LogP contribution in [0.1, 0.15) is 12.6 Å². The topological polar surface area (TPSA) is 136 Å². The Morgan fingerprint density at radius 1 is 1.43 bits per heavy atom. The van der Waals surface area contributed by atoms with E-state index in [2.05, 4.69) is 4.98 Å². The number of aliphatic hydroxyl groups is 2. The van der Waals surface area contributed by atoms with Crippen LogP contribution >= 0.6 is 0 Å².